The van der Waals surface area contributed by atoms with Gasteiger partial charge in [-0.15, -0.1) is 11.5 Å². The van der Waals surface area contributed by atoms with E-state index < -0.39 is 20.1 Å². The number of carboxylic acid groups (broad SMARTS) is 1. The van der Waals surface area contributed by atoms with Crippen molar-refractivity contribution in [3.63, 3.8) is 0 Å². The molecule has 0 aliphatic carbocycles. The van der Waals surface area contributed by atoms with Gasteiger partial charge in [0.05, 0.1) is 0 Å². The monoisotopic (exact) mass is 359 g/mol. The fourth-order valence-corrected chi connectivity index (χ4v) is 3.03. The van der Waals surface area contributed by atoms with Crippen molar-refractivity contribution in [1.82, 2.24) is 5.32 Å². The Balaban J connectivity index is 2.89. The molecule has 1 aromatic rings. The fraction of sp³-hybridized carbons (Fsp3) is 0.500. The van der Waals surface area contributed by atoms with E-state index in [1.54, 1.807) is 12.1 Å². The molecule has 0 fully saturated rings. The van der Waals surface area contributed by atoms with Crippen LogP contribution in [0.2, 0.25) is 18.1 Å². The summed E-state index contributed by atoms with van der Waals surface area (Å²) in [5.74, 6) is 1.56. The van der Waals surface area contributed by atoms with E-state index in [0.717, 1.165) is 11.1 Å². The van der Waals surface area contributed by atoms with E-state index >= 15 is 0 Å². The van der Waals surface area contributed by atoms with E-state index in [1.807, 2.05) is 19.9 Å². The summed E-state index contributed by atoms with van der Waals surface area (Å²) in [7, 11) is -1.79. The first-order valence-corrected chi connectivity index (χ1v) is 11.5. The Morgan fingerprint density at radius 3 is 2.12 bits per heavy atom. The maximum absolute atomic E-state index is 12.4. The number of aliphatic carboxylic acids is 1. The third kappa shape index (κ3) is 6.06. The first-order chi connectivity index (χ1) is 11.3. The lowest BCUT2D eigenvalue weighted by Gasteiger charge is -2.31. The van der Waals surface area contributed by atoms with Crippen molar-refractivity contribution in [3.8, 4) is 11.5 Å². The van der Waals surface area contributed by atoms with Crippen molar-refractivity contribution < 1.29 is 14.7 Å². The van der Waals surface area contributed by atoms with E-state index in [0.29, 0.717) is 5.56 Å². The highest BCUT2D eigenvalue weighted by Gasteiger charge is 2.33. The molecule has 0 unspecified atom stereocenters. The molecule has 0 saturated heterocycles. The quantitative estimate of drug-likeness (QED) is 0.632. The summed E-state index contributed by atoms with van der Waals surface area (Å²) < 4.78 is 0. The zero-order valence-electron chi connectivity index (χ0n) is 16.3. The molecule has 0 saturated carbocycles. The van der Waals surface area contributed by atoms with Crippen molar-refractivity contribution in [2.24, 2.45) is 0 Å². The molecule has 136 valence electrons. The highest BCUT2D eigenvalue weighted by atomic mass is 28.3. The van der Waals surface area contributed by atoms with Gasteiger partial charge in [0, 0.05) is 12.0 Å². The van der Waals surface area contributed by atoms with Crippen molar-refractivity contribution in [3.05, 3.63) is 34.9 Å². The summed E-state index contributed by atoms with van der Waals surface area (Å²) in [6.45, 7) is 14.6. The van der Waals surface area contributed by atoms with Crippen LogP contribution in [0.15, 0.2) is 18.2 Å². The van der Waals surface area contributed by atoms with E-state index in [-0.39, 0.29) is 17.4 Å². The van der Waals surface area contributed by atoms with E-state index in [9.17, 15) is 14.7 Å². The van der Waals surface area contributed by atoms with E-state index in [4.69, 9.17) is 0 Å². The second-order valence-corrected chi connectivity index (χ2v) is 13.1. The Bertz CT molecular complexity index is 700. The molecule has 0 spiro atoms. The SMILES string of the molecule is Cc1cc(C)cc(C(=O)N[C@H](CC#C[Si](C)(C)C(C)(C)C)C(=O)O)c1. The van der Waals surface area contributed by atoms with Crippen LogP contribution in [-0.4, -0.2) is 31.1 Å². The van der Waals surface area contributed by atoms with Gasteiger partial charge in [0.25, 0.3) is 5.91 Å². The molecule has 1 aromatic carbocycles. The van der Waals surface area contributed by atoms with Crippen LogP contribution < -0.4 is 5.32 Å². The molecule has 0 bridgehead atoms. The summed E-state index contributed by atoms with van der Waals surface area (Å²) in [6.07, 6.45) is 0.110. The number of nitrogens with one attached hydrogen (secondary N) is 1. The lowest BCUT2D eigenvalue weighted by molar-refractivity contribution is -0.139. The Morgan fingerprint density at radius 2 is 1.68 bits per heavy atom. The highest BCUT2D eigenvalue weighted by Crippen LogP contribution is 2.35. The molecule has 0 aliphatic heterocycles. The maximum Gasteiger partial charge on any atom is 0.327 e. The van der Waals surface area contributed by atoms with Gasteiger partial charge in [-0.25, -0.2) is 4.79 Å². The largest absolute Gasteiger partial charge is 0.480 e. The molecule has 25 heavy (non-hydrogen) atoms. The van der Waals surface area contributed by atoms with Crippen LogP contribution in [-0.2, 0) is 4.79 Å². The molecule has 0 aromatic heterocycles. The fourth-order valence-electron chi connectivity index (χ4n) is 2.11. The minimum Gasteiger partial charge on any atom is -0.480 e. The molecular weight excluding hydrogens is 330 g/mol. The van der Waals surface area contributed by atoms with Crippen molar-refractivity contribution in [2.75, 3.05) is 0 Å². The van der Waals surface area contributed by atoms with Gasteiger partial charge in [-0.2, -0.15) is 0 Å². The number of benzene rings is 1. The van der Waals surface area contributed by atoms with Gasteiger partial charge in [0.2, 0.25) is 0 Å². The van der Waals surface area contributed by atoms with Crippen molar-refractivity contribution in [2.45, 2.75) is 65.2 Å². The smallest absolute Gasteiger partial charge is 0.327 e. The summed E-state index contributed by atoms with van der Waals surface area (Å²) in [5, 5.41) is 12.1. The van der Waals surface area contributed by atoms with Crippen molar-refractivity contribution >= 4 is 20.0 Å². The lowest BCUT2D eigenvalue weighted by Crippen LogP contribution is -2.41. The average Bonchev–Trinajstić information content (AvgIpc) is 2.43. The Labute approximate surface area is 152 Å². The summed E-state index contributed by atoms with van der Waals surface area (Å²) in [5.41, 5.74) is 5.70. The van der Waals surface area contributed by atoms with E-state index in [2.05, 4.69) is 50.6 Å². The van der Waals surface area contributed by atoms with Crippen LogP contribution in [0.3, 0.4) is 0 Å². The van der Waals surface area contributed by atoms with Gasteiger partial charge in [0.1, 0.15) is 14.1 Å². The topological polar surface area (TPSA) is 66.4 Å². The molecule has 1 atom stereocenters. The average molecular weight is 360 g/mol. The molecule has 0 radical (unpaired) electrons. The molecule has 2 N–H and O–H groups in total. The van der Waals surface area contributed by atoms with Crippen molar-refractivity contribution in [1.29, 1.82) is 0 Å². The normalized spacial score (nSPS) is 12.8. The molecule has 5 heteroatoms. The number of carbonyl (C=O) groups is 2. The number of hydrogen-bond donors (Lipinski definition) is 2. The molecule has 0 heterocycles. The number of hydrogen-bond acceptors (Lipinski definition) is 2. The van der Waals surface area contributed by atoms with Gasteiger partial charge >= 0.3 is 5.97 Å². The lowest BCUT2D eigenvalue weighted by atomic mass is 10.1. The minimum atomic E-state index is -1.79. The molecule has 1 rings (SSSR count). The Hall–Kier alpha value is -2.06. The first-order valence-electron chi connectivity index (χ1n) is 8.45. The third-order valence-electron chi connectivity index (χ3n) is 4.67. The molecule has 0 aliphatic rings. The zero-order valence-corrected chi connectivity index (χ0v) is 17.3. The van der Waals surface area contributed by atoms with Crippen LogP contribution in [0.25, 0.3) is 0 Å². The second-order valence-electron chi connectivity index (χ2n) is 8.12. The van der Waals surface area contributed by atoms with E-state index in [1.165, 1.54) is 0 Å². The van der Waals surface area contributed by atoms with Gasteiger partial charge < -0.3 is 10.4 Å². The van der Waals surface area contributed by atoms with Crippen LogP contribution in [0, 0.1) is 25.3 Å². The number of aryl methyl sites for hydroxylation is 2. The second kappa shape index (κ2) is 7.88. The van der Waals surface area contributed by atoms with Gasteiger partial charge in [-0.05, 0) is 31.0 Å². The first kappa shape index (κ1) is 21.0. The summed E-state index contributed by atoms with van der Waals surface area (Å²) in [4.78, 5) is 23.9. The summed E-state index contributed by atoms with van der Waals surface area (Å²) in [6, 6.07) is 4.46. The standard InChI is InChI=1S/C20H29NO3Si/c1-14-11-15(2)13-16(12-14)18(22)21-17(19(23)24)9-8-10-25(6,7)20(3,4)5/h11-13,17H,9H2,1-7H3,(H,21,22)(H,23,24)/t17-/m1/s1. The van der Waals surface area contributed by atoms with Crippen LogP contribution >= 0.6 is 0 Å². The van der Waals surface area contributed by atoms with Crippen LogP contribution in [0.4, 0.5) is 0 Å². The highest BCUT2D eigenvalue weighted by molar-refractivity contribution is 6.87. The zero-order chi connectivity index (χ0) is 19.4. The Kier molecular flexibility index (Phi) is 6.61. The van der Waals surface area contributed by atoms with Gasteiger partial charge in [-0.3, -0.25) is 4.79 Å². The van der Waals surface area contributed by atoms with Crippen LogP contribution in [0.1, 0.15) is 48.7 Å². The maximum atomic E-state index is 12.4. The molecule has 1 amide bonds. The number of carboxylic acids is 1. The van der Waals surface area contributed by atoms with Crippen LogP contribution in [0.5, 0.6) is 0 Å². The number of carbonyl (C=O) groups excluding carboxylic acids is 1. The third-order valence-corrected chi connectivity index (χ3v) is 9.22. The summed E-state index contributed by atoms with van der Waals surface area (Å²) >= 11 is 0. The predicted molar refractivity (Wildman–Crippen MR) is 104 cm³/mol. The number of rotatable bonds is 4. The molecule has 4 nitrogen and oxygen atoms in total. The molecular formula is C20H29NO3Si. The predicted octanol–water partition coefficient (Wildman–Crippen LogP) is 3.93. The van der Waals surface area contributed by atoms with Gasteiger partial charge in [0.15, 0.2) is 0 Å². The number of amides is 1. The Morgan fingerprint density at radius 1 is 1.16 bits per heavy atom. The van der Waals surface area contributed by atoms with Gasteiger partial charge in [-0.1, -0.05) is 51.1 Å². The minimum absolute atomic E-state index is 0.110.